The number of rotatable bonds is 2. The lowest BCUT2D eigenvalue weighted by molar-refractivity contribution is 0.855. The second-order valence-electron chi connectivity index (χ2n) is 4.82. The van der Waals surface area contributed by atoms with Crippen LogP contribution >= 0.6 is 11.3 Å². The van der Waals surface area contributed by atoms with E-state index in [1.807, 2.05) is 0 Å². The summed E-state index contributed by atoms with van der Waals surface area (Å²) >= 11 is 1.73. The van der Waals surface area contributed by atoms with E-state index in [2.05, 4.69) is 53.5 Å². The zero-order valence-electron chi connectivity index (χ0n) is 10.9. The summed E-state index contributed by atoms with van der Waals surface area (Å²) < 4.78 is 1.25. The monoisotopic (exact) mass is 269 g/mol. The summed E-state index contributed by atoms with van der Waals surface area (Å²) in [7, 11) is 0. The van der Waals surface area contributed by atoms with Crippen molar-refractivity contribution in [3.63, 3.8) is 0 Å². The number of nitrogens with zero attached hydrogens (tertiary/aromatic N) is 2. The van der Waals surface area contributed by atoms with Crippen molar-refractivity contribution >= 4 is 27.2 Å². The molecule has 0 aliphatic heterocycles. The molecule has 3 aromatic rings. The highest BCUT2D eigenvalue weighted by molar-refractivity contribution is 7.17. The SMILES string of the molecule is CC(C)c1c(N)ncnc1-c1cccc2ccsc12. The van der Waals surface area contributed by atoms with Gasteiger partial charge in [-0.1, -0.05) is 32.0 Å². The van der Waals surface area contributed by atoms with Gasteiger partial charge in [-0.2, -0.15) is 0 Å². The summed E-state index contributed by atoms with van der Waals surface area (Å²) in [5.74, 6) is 0.875. The summed E-state index contributed by atoms with van der Waals surface area (Å²) in [6.45, 7) is 4.24. The standard InChI is InChI=1S/C15H15N3S/c1-9(2)12-13(17-8-18-15(12)16)11-5-3-4-10-6-7-19-14(10)11/h3-9H,1-2H3,(H2,16,17,18). The topological polar surface area (TPSA) is 51.8 Å². The van der Waals surface area contributed by atoms with Gasteiger partial charge in [-0.05, 0) is 22.8 Å². The van der Waals surface area contributed by atoms with Gasteiger partial charge in [0.1, 0.15) is 12.1 Å². The lowest BCUT2D eigenvalue weighted by Gasteiger charge is -2.14. The molecule has 0 unspecified atom stereocenters. The van der Waals surface area contributed by atoms with Gasteiger partial charge in [0.05, 0.1) is 5.69 Å². The van der Waals surface area contributed by atoms with Crippen LogP contribution in [0.25, 0.3) is 21.3 Å². The molecule has 0 fully saturated rings. The largest absolute Gasteiger partial charge is 0.383 e. The van der Waals surface area contributed by atoms with Crippen LogP contribution in [0, 0.1) is 0 Å². The second kappa shape index (κ2) is 4.63. The molecule has 3 rings (SSSR count). The molecule has 2 N–H and O–H groups in total. The number of aromatic nitrogens is 2. The Balaban J connectivity index is 2.33. The summed E-state index contributed by atoms with van der Waals surface area (Å²) in [5.41, 5.74) is 9.16. The van der Waals surface area contributed by atoms with Gasteiger partial charge < -0.3 is 5.73 Å². The minimum absolute atomic E-state index is 0.298. The maximum absolute atomic E-state index is 6.03. The lowest BCUT2D eigenvalue weighted by atomic mass is 9.97. The Morgan fingerprint density at radius 1 is 1.16 bits per heavy atom. The predicted octanol–water partition coefficient (Wildman–Crippen LogP) is 4.06. The molecule has 0 aliphatic rings. The van der Waals surface area contributed by atoms with E-state index in [1.54, 1.807) is 17.7 Å². The van der Waals surface area contributed by atoms with Crippen molar-refractivity contribution in [3.8, 4) is 11.3 Å². The van der Waals surface area contributed by atoms with Gasteiger partial charge in [-0.25, -0.2) is 9.97 Å². The normalized spacial score (nSPS) is 11.3. The molecule has 2 aromatic heterocycles. The Morgan fingerprint density at radius 2 is 2.00 bits per heavy atom. The predicted molar refractivity (Wildman–Crippen MR) is 81.4 cm³/mol. The van der Waals surface area contributed by atoms with Gasteiger partial charge in [-0.3, -0.25) is 0 Å². The van der Waals surface area contributed by atoms with Gasteiger partial charge in [0, 0.05) is 15.8 Å². The van der Waals surface area contributed by atoms with E-state index in [-0.39, 0.29) is 0 Å². The van der Waals surface area contributed by atoms with Crippen LogP contribution in [0.15, 0.2) is 36.0 Å². The Kier molecular flexibility index (Phi) is 2.95. The highest BCUT2D eigenvalue weighted by Gasteiger charge is 2.16. The van der Waals surface area contributed by atoms with E-state index in [0.29, 0.717) is 11.7 Å². The smallest absolute Gasteiger partial charge is 0.130 e. The van der Waals surface area contributed by atoms with Crippen molar-refractivity contribution in [2.24, 2.45) is 0 Å². The van der Waals surface area contributed by atoms with Crippen molar-refractivity contribution in [1.29, 1.82) is 0 Å². The Morgan fingerprint density at radius 3 is 2.79 bits per heavy atom. The van der Waals surface area contributed by atoms with Crippen LogP contribution in [0.4, 0.5) is 5.82 Å². The van der Waals surface area contributed by atoms with Crippen LogP contribution in [-0.4, -0.2) is 9.97 Å². The lowest BCUT2D eigenvalue weighted by Crippen LogP contribution is -2.04. The Hall–Kier alpha value is -1.94. The molecule has 0 spiro atoms. The van der Waals surface area contributed by atoms with Gasteiger partial charge in [0.25, 0.3) is 0 Å². The molecule has 3 nitrogen and oxygen atoms in total. The number of nitrogen functional groups attached to an aromatic ring is 1. The third-order valence-electron chi connectivity index (χ3n) is 3.23. The molecular weight excluding hydrogens is 254 g/mol. The first kappa shape index (κ1) is 12.1. The number of thiophene rings is 1. The number of hydrogen-bond acceptors (Lipinski definition) is 4. The molecule has 0 amide bonds. The minimum Gasteiger partial charge on any atom is -0.383 e. The molecule has 19 heavy (non-hydrogen) atoms. The van der Waals surface area contributed by atoms with Crippen molar-refractivity contribution in [1.82, 2.24) is 9.97 Å². The van der Waals surface area contributed by atoms with E-state index in [4.69, 9.17) is 5.73 Å². The molecule has 0 aliphatic carbocycles. The fraction of sp³-hybridized carbons (Fsp3) is 0.200. The summed E-state index contributed by atoms with van der Waals surface area (Å²) in [6.07, 6.45) is 1.54. The Bertz CT molecular complexity index is 731. The van der Waals surface area contributed by atoms with E-state index in [0.717, 1.165) is 16.8 Å². The fourth-order valence-corrected chi connectivity index (χ4v) is 3.29. The van der Waals surface area contributed by atoms with Gasteiger partial charge >= 0.3 is 0 Å². The van der Waals surface area contributed by atoms with Crippen LogP contribution < -0.4 is 5.73 Å². The zero-order chi connectivity index (χ0) is 13.4. The number of nitrogens with two attached hydrogens (primary N) is 1. The van der Waals surface area contributed by atoms with Crippen molar-refractivity contribution in [2.45, 2.75) is 19.8 Å². The first-order valence-corrected chi connectivity index (χ1v) is 7.13. The Labute approximate surface area is 116 Å². The number of hydrogen-bond donors (Lipinski definition) is 1. The molecule has 0 atom stereocenters. The fourth-order valence-electron chi connectivity index (χ4n) is 2.37. The van der Waals surface area contributed by atoms with E-state index in [9.17, 15) is 0 Å². The quantitative estimate of drug-likeness (QED) is 0.763. The molecule has 0 saturated heterocycles. The molecule has 0 radical (unpaired) electrons. The van der Waals surface area contributed by atoms with Crippen molar-refractivity contribution in [3.05, 3.63) is 41.5 Å². The highest BCUT2D eigenvalue weighted by atomic mass is 32.1. The minimum atomic E-state index is 0.298. The molecule has 1 aromatic carbocycles. The van der Waals surface area contributed by atoms with Gasteiger partial charge in [0.2, 0.25) is 0 Å². The number of benzene rings is 1. The van der Waals surface area contributed by atoms with Crippen LogP contribution in [0.1, 0.15) is 25.3 Å². The maximum atomic E-state index is 6.03. The molecule has 4 heteroatoms. The van der Waals surface area contributed by atoms with E-state index >= 15 is 0 Å². The summed E-state index contributed by atoms with van der Waals surface area (Å²) in [4.78, 5) is 8.60. The van der Waals surface area contributed by atoms with Crippen LogP contribution in [0.3, 0.4) is 0 Å². The molecule has 0 saturated carbocycles. The van der Waals surface area contributed by atoms with Crippen LogP contribution in [0.2, 0.25) is 0 Å². The first-order valence-electron chi connectivity index (χ1n) is 6.25. The molecule has 96 valence electrons. The highest BCUT2D eigenvalue weighted by Crippen LogP contribution is 2.36. The number of anilines is 1. The van der Waals surface area contributed by atoms with Gasteiger partial charge in [-0.15, -0.1) is 11.3 Å². The average molecular weight is 269 g/mol. The molecule has 2 heterocycles. The summed E-state index contributed by atoms with van der Waals surface area (Å²) in [5, 5.41) is 3.35. The van der Waals surface area contributed by atoms with E-state index < -0.39 is 0 Å². The average Bonchev–Trinajstić information content (AvgIpc) is 2.85. The van der Waals surface area contributed by atoms with Crippen LogP contribution in [-0.2, 0) is 0 Å². The van der Waals surface area contributed by atoms with Crippen molar-refractivity contribution < 1.29 is 0 Å². The number of fused-ring (bicyclic) bond motifs is 1. The molecule has 0 bridgehead atoms. The maximum Gasteiger partial charge on any atom is 0.130 e. The summed E-state index contributed by atoms with van der Waals surface area (Å²) in [6, 6.07) is 8.41. The third kappa shape index (κ3) is 1.98. The van der Waals surface area contributed by atoms with Gasteiger partial charge in [0.15, 0.2) is 0 Å². The van der Waals surface area contributed by atoms with Crippen LogP contribution in [0.5, 0.6) is 0 Å². The van der Waals surface area contributed by atoms with Crippen molar-refractivity contribution in [2.75, 3.05) is 5.73 Å². The third-order valence-corrected chi connectivity index (χ3v) is 4.19. The second-order valence-corrected chi connectivity index (χ2v) is 5.74. The van der Waals surface area contributed by atoms with E-state index in [1.165, 1.54) is 10.1 Å². The molecular formula is C15H15N3S. The first-order chi connectivity index (χ1) is 9.18. The zero-order valence-corrected chi connectivity index (χ0v) is 11.7.